The van der Waals surface area contributed by atoms with Gasteiger partial charge in [-0.05, 0) is 30.3 Å². The van der Waals surface area contributed by atoms with Crippen molar-refractivity contribution in [3.63, 3.8) is 0 Å². The molecule has 0 atom stereocenters. The molecule has 0 aliphatic rings. The summed E-state index contributed by atoms with van der Waals surface area (Å²) in [5, 5.41) is 2.29. The van der Waals surface area contributed by atoms with Gasteiger partial charge in [0, 0.05) is 10.5 Å². The van der Waals surface area contributed by atoms with Crippen molar-refractivity contribution >= 4 is 27.5 Å². The van der Waals surface area contributed by atoms with Crippen LogP contribution in [-0.4, -0.2) is 5.91 Å². The van der Waals surface area contributed by atoms with E-state index in [9.17, 15) is 26.7 Å². The normalized spacial score (nSPS) is 10.8. The summed E-state index contributed by atoms with van der Waals surface area (Å²) in [6.45, 7) is -0.614. The molecular weight excluding hydrogens is 453 g/mol. The summed E-state index contributed by atoms with van der Waals surface area (Å²) in [4.78, 5) is 12.1. The minimum Gasteiger partial charge on any atom is -0.479 e. The first-order valence-electron chi connectivity index (χ1n) is 7.57. The van der Waals surface area contributed by atoms with Crippen molar-refractivity contribution in [1.29, 1.82) is 0 Å². The predicted molar refractivity (Wildman–Crippen MR) is 91.4 cm³/mol. The maximum Gasteiger partial charge on any atom is 0.291 e. The first-order valence-corrected chi connectivity index (χ1v) is 8.36. The summed E-state index contributed by atoms with van der Waals surface area (Å²) >= 11 is 3.08. The first kappa shape index (κ1) is 19.9. The van der Waals surface area contributed by atoms with E-state index < -0.39 is 47.3 Å². The smallest absolute Gasteiger partial charge is 0.291 e. The average Bonchev–Trinajstić information content (AvgIpc) is 3.11. The number of benzene rings is 2. The van der Waals surface area contributed by atoms with Crippen molar-refractivity contribution in [1.82, 2.24) is 0 Å². The van der Waals surface area contributed by atoms with Crippen LogP contribution in [0.2, 0.25) is 0 Å². The molecule has 0 aliphatic heterocycles. The fourth-order valence-electron chi connectivity index (χ4n) is 2.17. The van der Waals surface area contributed by atoms with Gasteiger partial charge in [0.2, 0.25) is 11.6 Å². The fourth-order valence-corrected chi connectivity index (χ4v) is 2.51. The highest BCUT2D eigenvalue weighted by Gasteiger charge is 2.21. The maximum atomic E-state index is 13.8. The Bertz CT molecular complexity index is 1030. The van der Waals surface area contributed by atoms with Gasteiger partial charge in [-0.1, -0.05) is 15.9 Å². The van der Waals surface area contributed by atoms with Crippen LogP contribution in [0.15, 0.2) is 45.3 Å². The van der Waals surface area contributed by atoms with E-state index in [0.717, 1.165) is 6.07 Å². The zero-order valence-electron chi connectivity index (χ0n) is 13.7. The number of anilines is 1. The van der Waals surface area contributed by atoms with Crippen molar-refractivity contribution in [3.8, 4) is 5.75 Å². The Hall–Kier alpha value is -2.88. The second kappa shape index (κ2) is 8.01. The van der Waals surface area contributed by atoms with Crippen molar-refractivity contribution < 1.29 is 35.9 Å². The van der Waals surface area contributed by atoms with Gasteiger partial charge in [0.1, 0.15) is 18.2 Å². The zero-order chi connectivity index (χ0) is 20.4. The molecule has 1 N–H and O–H groups in total. The highest BCUT2D eigenvalue weighted by Crippen LogP contribution is 2.27. The van der Waals surface area contributed by atoms with Gasteiger partial charge in [-0.3, -0.25) is 4.79 Å². The highest BCUT2D eigenvalue weighted by atomic mass is 79.9. The summed E-state index contributed by atoms with van der Waals surface area (Å²) in [6.07, 6.45) is 0. The number of hydrogen-bond donors (Lipinski definition) is 1. The number of rotatable bonds is 5. The second-order valence-corrected chi connectivity index (χ2v) is 6.35. The highest BCUT2D eigenvalue weighted by molar-refractivity contribution is 9.10. The molecule has 1 amide bonds. The third-order valence-corrected chi connectivity index (χ3v) is 3.99. The van der Waals surface area contributed by atoms with Gasteiger partial charge in [0.05, 0.1) is 5.69 Å². The lowest BCUT2D eigenvalue weighted by atomic mass is 10.3. The number of carbonyl (C=O) groups is 1. The number of amides is 1. The molecule has 3 aromatic rings. The molecule has 0 bridgehead atoms. The van der Waals surface area contributed by atoms with Gasteiger partial charge in [0.15, 0.2) is 23.1 Å². The fraction of sp³-hybridized carbons (Fsp3) is 0.0556. The van der Waals surface area contributed by atoms with Gasteiger partial charge in [-0.15, -0.1) is 0 Å². The number of halogens is 6. The largest absolute Gasteiger partial charge is 0.479 e. The first-order chi connectivity index (χ1) is 13.3. The number of ether oxygens (including phenoxy) is 1. The molecule has 2 aromatic carbocycles. The van der Waals surface area contributed by atoms with Gasteiger partial charge in [0.25, 0.3) is 5.91 Å². The summed E-state index contributed by atoms with van der Waals surface area (Å²) in [7, 11) is 0. The van der Waals surface area contributed by atoms with Gasteiger partial charge in [-0.2, -0.15) is 8.78 Å². The third-order valence-electron chi connectivity index (χ3n) is 3.50. The zero-order valence-corrected chi connectivity index (χ0v) is 15.2. The minimum atomic E-state index is -1.70. The molecule has 0 unspecified atom stereocenters. The van der Waals surface area contributed by atoms with E-state index in [1.54, 1.807) is 0 Å². The molecule has 28 heavy (non-hydrogen) atoms. The van der Waals surface area contributed by atoms with Crippen LogP contribution in [0.5, 0.6) is 5.75 Å². The van der Waals surface area contributed by atoms with E-state index in [1.165, 1.54) is 24.3 Å². The molecule has 0 fully saturated rings. The number of furan rings is 1. The van der Waals surface area contributed by atoms with Crippen LogP contribution < -0.4 is 10.1 Å². The molecular formula is C18H9BrF5NO3. The lowest BCUT2D eigenvalue weighted by Crippen LogP contribution is -2.12. The summed E-state index contributed by atoms with van der Waals surface area (Å²) in [5.74, 6) is -9.68. The third kappa shape index (κ3) is 4.16. The monoisotopic (exact) mass is 461 g/mol. The quantitative estimate of drug-likeness (QED) is 0.399. The molecule has 0 aliphatic carbocycles. The van der Waals surface area contributed by atoms with Crippen LogP contribution in [0.3, 0.4) is 0 Å². The summed E-state index contributed by atoms with van der Waals surface area (Å²) in [5.41, 5.74) is -0.0956. The van der Waals surface area contributed by atoms with Crippen LogP contribution >= 0.6 is 15.9 Å². The van der Waals surface area contributed by atoms with E-state index in [0.29, 0.717) is 4.47 Å². The standard InChI is InChI=1S/C18H9BrF5NO3/c19-8-1-3-13(10(20)5-8)25-18(26)14-4-2-9(28-14)7-27-17-15(23)11(21)6-12(22)16(17)24/h1-6H,7H2,(H,25,26). The van der Waals surface area contributed by atoms with E-state index >= 15 is 0 Å². The second-order valence-electron chi connectivity index (χ2n) is 5.43. The summed E-state index contributed by atoms with van der Waals surface area (Å²) in [6, 6.07) is 6.50. The Kier molecular flexibility index (Phi) is 5.68. The molecule has 1 heterocycles. The lowest BCUT2D eigenvalue weighted by molar-refractivity contribution is 0.0991. The Morgan fingerprint density at radius 3 is 2.29 bits per heavy atom. The van der Waals surface area contributed by atoms with Crippen LogP contribution in [0, 0.1) is 29.1 Å². The predicted octanol–water partition coefficient (Wildman–Crippen LogP) is 5.57. The SMILES string of the molecule is O=C(Nc1ccc(Br)cc1F)c1ccc(COc2c(F)c(F)cc(F)c2F)o1. The Balaban J connectivity index is 1.70. The lowest BCUT2D eigenvalue weighted by Gasteiger charge is -2.08. The molecule has 10 heteroatoms. The molecule has 0 radical (unpaired) electrons. The Morgan fingerprint density at radius 2 is 1.64 bits per heavy atom. The van der Waals surface area contributed by atoms with E-state index in [-0.39, 0.29) is 23.3 Å². The van der Waals surface area contributed by atoms with Crippen molar-refractivity contribution in [3.05, 3.63) is 81.5 Å². The van der Waals surface area contributed by atoms with Crippen molar-refractivity contribution in [2.45, 2.75) is 6.61 Å². The molecule has 146 valence electrons. The van der Waals surface area contributed by atoms with Crippen LogP contribution in [0.1, 0.15) is 16.3 Å². The maximum absolute atomic E-state index is 13.8. The van der Waals surface area contributed by atoms with Gasteiger partial charge >= 0.3 is 0 Å². The van der Waals surface area contributed by atoms with E-state index in [1.807, 2.05) is 0 Å². The molecule has 3 rings (SSSR count). The van der Waals surface area contributed by atoms with Crippen LogP contribution in [-0.2, 0) is 6.61 Å². The number of carbonyl (C=O) groups excluding carboxylic acids is 1. The molecule has 0 spiro atoms. The molecule has 1 aromatic heterocycles. The van der Waals surface area contributed by atoms with Crippen LogP contribution in [0.4, 0.5) is 27.6 Å². The topological polar surface area (TPSA) is 51.5 Å². The van der Waals surface area contributed by atoms with E-state index in [4.69, 9.17) is 9.15 Å². The molecule has 0 saturated carbocycles. The molecule has 4 nitrogen and oxygen atoms in total. The minimum absolute atomic E-state index is 0.0497. The Labute approximate surface area is 163 Å². The number of nitrogens with one attached hydrogen (secondary N) is 1. The van der Waals surface area contributed by atoms with E-state index in [2.05, 4.69) is 21.2 Å². The van der Waals surface area contributed by atoms with Gasteiger partial charge in [-0.25, -0.2) is 13.2 Å². The van der Waals surface area contributed by atoms with Crippen molar-refractivity contribution in [2.24, 2.45) is 0 Å². The van der Waals surface area contributed by atoms with Gasteiger partial charge < -0.3 is 14.5 Å². The number of hydrogen-bond acceptors (Lipinski definition) is 3. The molecule has 0 saturated heterocycles. The summed E-state index contributed by atoms with van der Waals surface area (Å²) < 4.78 is 77.5. The Morgan fingerprint density at radius 1 is 0.964 bits per heavy atom. The van der Waals surface area contributed by atoms with Crippen molar-refractivity contribution in [2.75, 3.05) is 5.32 Å². The average molecular weight is 462 g/mol. The van der Waals surface area contributed by atoms with Crippen LogP contribution in [0.25, 0.3) is 0 Å².